The summed E-state index contributed by atoms with van der Waals surface area (Å²) >= 11 is 0. The average molecular weight is 383 g/mol. The monoisotopic (exact) mass is 383 g/mol. The van der Waals surface area contributed by atoms with Crippen LogP contribution in [0, 0.1) is 0 Å². The highest BCUT2D eigenvalue weighted by Gasteiger charge is 2.31. The maximum atomic E-state index is 12.4. The number of ether oxygens (including phenoxy) is 3. The van der Waals surface area contributed by atoms with E-state index in [9.17, 15) is 18.0 Å². The Morgan fingerprint density at radius 3 is 2.41 bits per heavy atom. The summed E-state index contributed by atoms with van der Waals surface area (Å²) in [6.45, 7) is -0.0691. The van der Waals surface area contributed by atoms with E-state index in [0.29, 0.717) is 17.9 Å². The number of rotatable bonds is 8. The second-order valence-electron chi connectivity index (χ2n) is 5.61. The van der Waals surface area contributed by atoms with Gasteiger partial charge in [0.1, 0.15) is 17.2 Å². The predicted octanol–water partition coefficient (Wildman–Crippen LogP) is 3.85. The van der Waals surface area contributed by atoms with Gasteiger partial charge >= 0.3 is 6.36 Å². The molecule has 0 aromatic heterocycles. The van der Waals surface area contributed by atoms with E-state index in [1.165, 1.54) is 25.3 Å². The number of aryl methyl sites for hydroxylation is 1. The fourth-order valence-corrected chi connectivity index (χ4v) is 2.48. The molecule has 0 saturated carbocycles. The molecule has 1 amide bonds. The number of nitrogens with one attached hydrogen (secondary N) is 1. The molecule has 0 saturated heterocycles. The van der Waals surface area contributed by atoms with E-state index >= 15 is 0 Å². The number of carbonyl (C=O) groups excluding carboxylic acids is 1. The zero-order valence-electron chi connectivity index (χ0n) is 14.9. The Hall–Kier alpha value is -2.90. The Kier molecular flexibility index (Phi) is 6.92. The lowest BCUT2D eigenvalue weighted by atomic mass is 10.1. The Bertz CT molecular complexity index is 778. The van der Waals surface area contributed by atoms with Gasteiger partial charge in [-0.05, 0) is 36.2 Å². The number of halogens is 3. The molecular weight excluding hydrogens is 363 g/mol. The van der Waals surface area contributed by atoms with Crippen molar-refractivity contribution in [1.29, 1.82) is 0 Å². The molecule has 0 aliphatic heterocycles. The number of methoxy groups -OCH3 is 2. The van der Waals surface area contributed by atoms with Crippen LogP contribution in [0.25, 0.3) is 0 Å². The molecule has 0 aliphatic rings. The zero-order chi connectivity index (χ0) is 19.9. The van der Waals surface area contributed by atoms with Crippen LogP contribution in [0.3, 0.4) is 0 Å². The molecule has 0 aliphatic carbocycles. The van der Waals surface area contributed by atoms with Crippen molar-refractivity contribution in [3.8, 4) is 17.2 Å². The molecule has 146 valence electrons. The average Bonchev–Trinajstić information content (AvgIpc) is 2.64. The van der Waals surface area contributed by atoms with E-state index in [0.717, 1.165) is 5.56 Å². The van der Waals surface area contributed by atoms with E-state index in [4.69, 9.17) is 9.47 Å². The van der Waals surface area contributed by atoms with Crippen molar-refractivity contribution in [3.05, 3.63) is 53.6 Å². The van der Waals surface area contributed by atoms with Crippen LogP contribution in [0.5, 0.6) is 17.2 Å². The molecule has 0 fully saturated rings. The van der Waals surface area contributed by atoms with Crippen molar-refractivity contribution >= 4 is 5.91 Å². The van der Waals surface area contributed by atoms with E-state index < -0.39 is 6.36 Å². The molecule has 2 aromatic rings. The number of para-hydroxylation sites is 1. The highest BCUT2D eigenvalue weighted by atomic mass is 19.4. The van der Waals surface area contributed by atoms with Gasteiger partial charge in [-0.25, -0.2) is 0 Å². The molecule has 0 bridgehead atoms. The quantitative estimate of drug-likeness (QED) is 0.752. The Morgan fingerprint density at radius 1 is 1.00 bits per heavy atom. The number of carbonyl (C=O) groups is 1. The lowest BCUT2D eigenvalue weighted by Crippen LogP contribution is -2.24. The van der Waals surface area contributed by atoms with Crippen LogP contribution in [0.2, 0.25) is 0 Å². The fraction of sp³-hybridized carbons (Fsp3) is 0.316. The van der Waals surface area contributed by atoms with Crippen molar-refractivity contribution in [2.45, 2.75) is 25.7 Å². The number of hydrogen-bond donors (Lipinski definition) is 1. The summed E-state index contributed by atoms with van der Waals surface area (Å²) in [5.41, 5.74) is 1.04. The summed E-state index contributed by atoms with van der Waals surface area (Å²) in [4.78, 5) is 12.1. The fourth-order valence-electron chi connectivity index (χ4n) is 2.48. The lowest BCUT2D eigenvalue weighted by molar-refractivity contribution is -0.274. The molecule has 0 heterocycles. The van der Waals surface area contributed by atoms with Crippen LogP contribution in [-0.2, 0) is 17.8 Å². The van der Waals surface area contributed by atoms with Crippen molar-refractivity contribution in [3.63, 3.8) is 0 Å². The largest absolute Gasteiger partial charge is 0.573 e. The molecule has 8 heteroatoms. The first kappa shape index (κ1) is 20.4. The SMILES string of the molecule is COc1ccc(OC)c(CCC(=O)NCc2ccccc2OC(F)(F)F)c1. The second-order valence-corrected chi connectivity index (χ2v) is 5.61. The minimum atomic E-state index is -4.79. The smallest absolute Gasteiger partial charge is 0.497 e. The van der Waals surface area contributed by atoms with Crippen LogP contribution in [0.1, 0.15) is 17.5 Å². The van der Waals surface area contributed by atoms with Gasteiger partial charge in [0.15, 0.2) is 0 Å². The first-order chi connectivity index (χ1) is 12.8. The summed E-state index contributed by atoms with van der Waals surface area (Å²) in [5.74, 6) is 0.637. The molecular formula is C19H20F3NO4. The number of amides is 1. The zero-order valence-corrected chi connectivity index (χ0v) is 14.9. The maximum absolute atomic E-state index is 12.4. The molecule has 0 unspecified atom stereocenters. The highest BCUT2D eigenvalue weighted by Crippen LogP contribution is 2.27. The molecule has 5 nitrogen and oxygen atoms in total. The number of benzene rings is 2. The second kappa shape index (κ2) is 9.16. The number of hydrogen-bond acceptors (Lipinski definition) is 4. The van der Waals surface area contributed by atoms with Gasteiger partial charge in [0.25, 0.3) is 0 Å². The summed E-state index contributed by atoms with van der Waals surface area (Å²) < 4.78 is 51.7. The standard InChI is InChI=1S/C19H20F3NO4/c1-25-15-8-9-16(26-2)13(11-15)7-10-18(24)23-12-14-5-3-4-6-17(14)27-19(20,21)22/h3-6,8-9,11H,7,10,12H2,1-2H3,(H,23,24). The molecule has 27 heavy (non-hydrogen) atoms. The van der Waals surface area contributed by atoms with Crippen LogP contribution >= 0.6 is 0 Å². The third kappa shape index (κ3) is 6.40. The first-order valence-corrected chi connectivity index (χ1v) is 8.13. The summed E-state index contributed by atoms with van der Waals surface area (Å²) in [5, 5.41) is 2.60. The highest BCUT2D eigenvalue weighted by molar-refractivity contribution is 5.76. The summed E-state index contributed by atoms with van der Waals surface area (Å²) in [7, 11) is 3.07. The van der Waals surface area contributed by atoms with Gasteiger partial charge in [0.2, 0.25) is 5.91 Å². The Labute approximate surface area is 155 Å². The topological polar surface area (TPSA) is 56.8 Å². The van der Waals surface area contributed by atoms with Crippen LogP contribution in [0.15, 0.2) is 42.5 Å². The van der Waals surface area contributed by atoms with Gasteiger partial charge in [-0.15, -0.1) is 13.2 Å². The van der Waals surface area contributed by atoms with Gasteiger partial charge in [0.05, 0.1) is 14.2 Å². The van der Waals surface area contributed by atoms with Crippen LogP contribution in [0.4, 0.5) is 13.2 Å². The molecule has 1 N–H and O–H groups in total. The van der Waals surface area contributed by atoms with Gasteiger partial charge in [-0.2, -0.15) is 0 Å². The minimum absolute atomic E-state index is 0.0691. The number of alkyl halides is 3. The molecule has 0 spiro atoms. The van der Waals surface area contributed by atoms with E-state index in [1.54, 1.807) is 31.4 Å². The molecule has 0 radical (unpaired) electrons. The van der Waals surface area contributed by atoms with Crippen molar-refractivity contribution in [1.82, 2.24) is 5.32 Å². The molecule has 2 aromatic carbocycles. The summed E-state index contributed by atoms with van der Waals surface area (Å²) in [6.07, 6.45) is -4.25. The Morgan fingerprint density at radius 2 is 1.74 bits per heavy atom. The van der Waals surface area contributed by atoms with Crippen LogP contribution in [-0.4, -0.2) is 26.5 Å². The minimum Gasteiger partial charge on any atom is -0.497 e. The van der Waals surface area contributed by atoms with Crippen molar-refractivity contribution in [2.75, 3.05) is 14.2 Å². The van der Waals surface area contributed by atoms with Crippen molar-refractivity contribution in [2.24, 2.45) is 0 Å². The third-order valence-electron chi connectivity index (χ3n) is 3.78. The Balaban J connectivity index is 1.94. The van der Waals surface area contributed by atoms with Gasteiger partial charge in [0, 0.05) is 18.5 Å². The van der Waals surface area contributed by atoms with Crippen molar-refractivity contribution < 1.29 is 32.2 Å². The van der Waals surface area contributed by atoms with E-state index in [2.05, 4.69) is 10.1 Å². The first-order valence-electron chi connectivity index (χ1n) is 8.13. The van der Waals surface area contributed by atoms with E-state index in [-0.39, 0.29) is 30.2 Å². The van der Waals surface area contributed by atoms with Gasteiger partial charge in [-0.3, -0.25) is 4.79 Å². The van der Waals surface area contributed by atoms with Gasteiger partial charge < -0.3 is 19.5 Å². The van der Waals surface area contributed by atoms with Crippen LogP contribution < -0.4 is 19.5 Å². The predicted molar refractivity (Wildman–Crippen MR) is 92.8 cm³/mol. The molecule has 0 atom stereocenters. The molecule has 2 rings (SSSR count). The van der Waals surface area contributed by atoms with Gasteiger partial charge in [-0.1, -0.05) is 18.2 Å². The lowest BCUT2D eigenvalue weighted by Gasteiger charge is -2.14. The van der Waals surface area contributed by atoms with E-state index in [1.807, 2.05) is 0 Å². The normalized spacial score (nSPS) is 11.0. The summed E-state index contributed by atoms with van der Waals surface area (Å²) in [6, 6.07) is 10.9. The maximum Gasteiger partial charge on any atom is 0.573 e. The third-order valence-corrected chi connectivity index (χ3v) is 3.78.